The molecule has 0 saturated heterocycles. The fraction of sp³-hybridized carbons (Fsp3) is 0.200. The Labute approximate surface area is 87.7 Å². The number of fused-ring (bicyclic) bond motifs is 1. The SMILES string of the molecule is Cl.N[C@H](CF)c1c[nH]c2ccccc12. The molecule has 0 radical (unpaired) electrons. The summed E-state index contributed by atoms with van der Waals surface area (Å²) < 4.78 is 12.3. The number of aromatic nitrogens is 1. The molecule has 0 spiro atoms. The normalized spacial score (nSPS) is 12.4. The van der Waals surface area contributed by atoms with Crippen molar-refractivity contribution >= 4 is 23.3 Å². The Morgan fingerprint density at radius 3 is 2.79 bits per heavy atom. The summed E-state index contributed by atoms with van der Waals surface area (Å²) in [5, 5.41) is 1.01. The van der Waals surface area contributed by atoms with Crippen molar-refractivity contribution in [1.82, 2.24) is 4.98 Å². The van der Waals surface area contributed by atoms with E-state index in [0.717, 1.165) is 16.5 Å². The van der Waals surface area contributed by atoms with Crippen LogP contribution >= 0.6 is 12.4 Å². The molecular weight excluding hydrogens is 203 g/mol. The first-order valence-corrected chi connectivity index (χ1v) is 4.20. The minimum atomic E-state index is -0.526. The number of rotatable bonds is 2. The van der Waals surface area contributed by atoms with Crippen LogP contribution in [0.1, 0.15) is 11.6 Å². The smallest absolute Gasteiger partial charge is 0.109 e. The van der Waals surface area contributed by atoms with Crippen LogP contribution in [-0.2, 0) is 0 Å². The van der Waals surface area contributed by atoms with Crippen LogP contribution in [0, 0.1) is 0 Å². The highest BCUT2D eigenvalue weighted by atomic mass is 35.5. The maximum absolute atomic E-state index is 12.3. The first-order valence-electron chi connectivity index (χ1n) is 4.20. The van der Waals surface area contributed by atoms with E-state index in [1.165, 1.54) is 0 Å². The Kier molecular flexibility index (Phi) is 3.49. The average molecular weight is 215 g/mol. The van der Waals surface area contributed by atoms with E-state index in [1.54, 1.807) is 6.20 Å². The highest BCUT2D eigenvalue weighted by molar-refractivity contribution is 5.85. The molecule has 1 heterocycles. The number of hydrogen-bond donors (Lipinski definition) is 2. The highest BCUT2D eigenvalue weighted by Crippen LogP contribution is 2.22. The first-order chi connectivity index (χ1) is 6.33. The van der Waals surface area contributed by atoms with Gasteiger partial charge < -0.3 is 10.7 Å². The van der Waals surface area contributed by atoms with Crippen LogP contribution in [0.3, 0.4) is 0 Å². The molecule has 1 aromatic heterocycles. The van der Waals surface area contributed by atoms with Gasteiger partial charge in [-0.2, -0.15) is 0 Å². The molecule has 2 rings (SSSR count). The zero-order valence-corrected chi connectivity index (χ0v) is 8.35. The second-order valence-electron chi connectivity index (χ2n) is 3.05. The molecule has 1 atom stereocenters. The molecule has 0 fully saturated rings. The van der Waals surface area contributed by atoms with Gasteiger partial charge in [0.1, 0.15) is 6.67 Å². The molecule has 0 aliphatic rings. The van der Waals surface area contributed by atoms with Gasteiger partial charge in [-0.15, -0.1) is 12.4 Å². The highest BCUT2D eigenvalue weighted by Gasteiger charge is 2.10. The van der Waals surface area contributed by atoms with Gasteiger partial charge in [0.2, 0.25) is 0 Å². The zero-order valence-electron chi connectivity index (χ0n) is 7.53. The lowest BCUT2D eigenvalue weighted by Gasteiger charge is -2.03. The molecular formula is C10H12ClFN2. The van der Waals surface area contributed by atoms with E-state index in [-0.39, 0.29) is 12.4 Å². The van der Waals surface area contributed by atoms with Gasteiger partial charge in [0.05, 0.1) is 6.04 Å². The predicted molar refractivity (Wildman–Crippen MR) is 58.5 cm³/mol. The summed E-state index contributed by atoms with van der Waals surface area (Å²) in [6, 6.07) is 7.23. The van der Waals surface area contributed by atoms with Gasteiger partial charge in [-0.3, -0.25) is 0 Å². The maximum Gasteiger partial charge on any atom is 0.109 e. The molecule has 0 bridgehead atoms. The van der Waals surface area contributed by atoms with Crippen molar-refractivity contribution in [1.29, 1.82) is 0 Å². The Hall–Kier alpha value is -1.06. The van der Waals surface area contributed by atoms with E-state index in [9.17, 15) is 4.39 Å². The van der Waals surface area contributed by atoms with Crippen molar-refractivity contribution in [2.75, 3.05) is 6.67 Å². The lowest BCUT2D eigenvalue weighted by atomic mass is 10.1. The molecule has 2 aromatic rings. The average Bonchev–Trinajstić information content (AvgIpc) is 2.60. The van der Waals surface area contributed by atoms with Gasteiger partial charge in [-0.1, -0.05) is 18.2 Å². The van der Waals surface area contributed by atoms with Crippen LogP contribution in [0.15, 0.2) is 30.5 Å². The molecule has 2 nitrogen and oxygen atoms in total. The third-order valence-corrected chi connectivity index (χ3v) is 2.19. The number of alkyl halides is 1. The number of para-hydroxylation sites is 1. The molecule has 0 amide bonds. The molecule has 0 aliphatic heterocycles. The molecule has 0 saturated carbocycles. The van der Waals surface area contributed by atoms with Crippen molar-refractivity contribution in [3.8, 4) is 0 Å². The Morgan fingerprint density at radius 1 is 1.36 bits per heavy atom. The van der Waals surface area contributed by atoms with E-state index in [1.807, 2.05) is 24.3 Å². The topological polar surface area (TPSA) is 41.8 Å². The van der Waals surface area contributed by atoms with Gasteiger partial charge in [0.15, 0.2) is 0 Å². The van der Waals surface area contributed by atoms with Crippen LogP contribution in [0.4, 0.5) is 4.39 Å². The minimum absolute atomic E-state index is 0. The van der Waals surface area contributed by atoms with Crippen molar-refractivity contribution in [2.45, 2.75) is 6.04 Å². The summed E-state index contributed by atoms with van der Waals surface area (Å²) in [6.45, 7) is -0.526. The predicted octanol–water partition coefficient (Wildman–Crippen LogP) is 2.56. The van der Waals surface area contributed by atoms with E-state index < -0.39 is 12.7 Å². The summed E-state index contributed by atoms with van der Waals surface area (Å²) in [6.07, 6.45) is 1.77. The molecule has 14 heavy (non-hydrogen) atoms. The van der Waals surface area contributed by atoms with Gasteiger partial charge in [0.25, 0.3) is 0 Å². The first kappa shape index (κ1) is 11.0. The lowest BCUT2D eigenvalue weighted by molar-refractivity contribution is 0.438. The van der Waals surface area contributed by atoms with E-state index in [4.69, 9.17) is 5.73 Å². The third-order valence-electron chi connectivity index (χ3n) is 2.19. The van der Waals surface area contributed by atoms with Crippen molar-refractivity contribution < 1.29 is 4.39 Å². The fourth-order valence-corrected chi connectivity index (χ4v) is 1.48. The van der Waals surface area contributed by atoms with Crippen LogP contribution in [0.2, 0.25) is 0 Å². The van der Waals surface area contributed by atoms with Crippen LogP contribution in [-0.4, -0.2) is 11.7 Å². The summed E-state index contributed by atoms with van der Waals surface area (Å²) in [7, 11) is 0. The number of nitrogens with two attached hydrogens (primary N) is 1. The van der Waals surface area contributed by atoms with Crippen LogP contribution in [0.25, 0.3) is 10.9 Å². The van der Waals surface area contributed by atoms with Crippen molar-refractivity contribution in [3.63, 3.8) is 0 Å². The van der Waals surface area contributed by atoms with Gasteiger partial charge >= 0.3 is 0 Å². The van der Waals surface area contributed by atoms with Crippen LogP contribution < -0.4 is 5.73 Å². The summed E-state index contributed by atoms with van der Waals surface area (Å²) in [5.41, 5.74) is 7.46. The summed E-state index contributed by atoms with van der Waals surface area (Å²) in [5.74, 6) is 0. The summed E-state index contributed by atoms with van der Waals surface area (Å²) in [4.78, 5) is 3.06. The second kappa shape index (κ2) is 4.44. The molecule has 76 valence electrons. The van der Waals surface area contributed by atoms with Crippen molar-refractivity contribution in [2.24, 2.45) is 5.73 Å². The number of benzene rings is 1. The quantitative estimate of drug-likeness (QED) is 0.793. The maximum atomic E-state index is 12.3. The largest absolute Gasteiger partial charge is 0.361 e. The zero-order chi connectivity index (χ0) is 9.26. The van der Waals surface area contributed by atoms with Gasteiger partial charge in [-0.05, 0) is 11.6 Å². The van der Waals surface area contributed by atoms with Crippen molar-refractivity contribution in [3.05, 3.63) is 36.0 Å². The lowest BCUT2D eigenvalue weighted by Crippen LogP contribution is -2.11. The van der Waals surface area contributed by atoms with Gasteiger partial charge in [-0.25, -0.2) is 4.39 Å². The Balaban J connectivity index is 0.000000980. The van der Waals surface area contributed by atoms with Crippen LogP contribution in [0.5, 0.6) is 0 Å². The monoisotopic (exact) mass is 214 g/mol. The molecule has 4 heteroatoms. The standard InChI is InChI=1S/C10H11FN2.ClH/c11-5-9(12)8-6-13-10-4-2-1-3-7(8)10;/h1-4,6,9,13H,5,12H2;1H/t9-;/m1./s1. The number of aromatic amines is 1. The van der Waals surface area contributed by atoms with E-state index in [0.29, 0.717) is 0 Å². The fourth-order valence-electron chi connectivity index (χ4n) is 1.48. The number of halogens is 2. The number of nitrogens with one attached hydrogen (secondary N) is 1. The molecule has 3 N–H and O–H groups in total. The number of H-pyrrole nitrogens is 1. The molecule has 0 unspecified atom stereocenters. The molecule has 1 aromatic carbocycles. The Bertz CT molecular complexity index is 413. The van der Waals surface area contributed by atoms with Gasteiger partial charge in [0, 0.05) is 17.1 Å². The summed E-state index contributed by atoms with van der Waals surface area (Å²) >= 11 is 0. The second-order valence-corrected chi connectivity index (χ2v) is 3.05. The Morgan fingerprint density at radius 2 is 2.07 bits per heavy atom. The number of hydrogen-bond acceptors (Lipinski definition) is 1. The van der Waals surface area contributed by atoms with E-state index >= 15 is 0 Å². The van der Waals surface area contributed by atoms with E-state index in [2.05, 4.69) is 4.98 Å². The molecule has 0 aliphatic carbocycles. The third kappa shape index (κ3) is 1.74. The minimum Gasteiger partial charge on any atom is -0.361 e.